The molecule has 0 aromatic carbocycles. The molecule has 94 valence electrons. The average Bonchev–Trinajstić information content (AvgIpc) is 3.03. The minimum atomic E-state index is -0.0394. The summed E-state index contributed by atoms with van der Waals surface area (Å²) in [7, 11) is 0. The van der Waals surface area contributed by atoms with E-state index in [1.54, 1.807) is 17.0 Å². The van der Waals surface area contributed by atoms with Crippen LogP contribution in [0.4, 0.5) is 5.82 Å². The lowest BCUT2D eigenvalue weighted by molar-refractivity contribution is 0.488. The second-order valence-corrected chi connectivity index (χ2v) is 5.70. The highest BCUT2D eigenvalue weighted by Crippen LogP contribution is 2.40. The van der Waals surface area contributed by atoms with Gasteiger partial charge >= 0.3 is 0 Å². The second-order valence-electron chi connectivity index (χ2n) is 5.70. The van der Waals surface area contributed by atoms with Crippen molar-refractivity contribution < 1.29 is 0 Å². The molecule has 0 saturated heterocycles. The highest BCUT2D eigenvalue weighted by atomic mass is 16.1. The molecule has 1 fully saturated rings. The zero-order chi connectivity index (χ0) is 12.6. The zero-order valence-electron chi connectivity index (χ0n) is 11.0. The highest BCUT2D eigenvalue weighted by molar-refractivity contribution is 5.35. The molecule has 0 spiro atoms. The molecule has 0 unspecified atom stereocenters. The van der Waals surface area contributed by atoms with Crippen LogP contribution in [0.15, 0.2) is 17.2 Å². The number of nitrogens with one attached hydrogen (secondary N) is 1. The Balaban J connectivity index is 2.27. The summed E-state index contributed by atoms with van der Waals surface area (Å²) < 4.78 is 1.71. The molecule has 0 amide bonds. The molecule has 1 aliphatic rings. The van der Waals surface area contributed by atoms with Gasteiger partial charge in [0.15, 0.2) is 5.82 Å². The Morgan fingerprint density at radius 3 is 2.65 bits per heavy atom. The first-order chi connectivity index (χ1) is 7.92. The number of nitrogens with zero attached hydrogens (tertiary/aromatic N) is 2. The fourth-order valence-electron chi connectivity index (χ4n) is 2.13. The van der Waals surface area contributed by atoms with Crippen LogP contribution in [0.3, 0.4) is 0 Å². The monoisotopic (exact) mass is 235 g/mol. The van der Waals surface area contributed by atoms with Crippen molar-refractivity contribution in [1.29, 1.82) is 0 Å². The van der Waals surface area contributed by atoms with Crippen LogP contribution in [0.25, 0.3) is 0 Å². The van der Waals surface area contributed by atoms with E-state index in [2.05, 4.69) is 24.1 Å². The summed E-state index contributed by atoms with van der Waals surface area (Å²) in [6.45, 7) is 8.27. The lowest BCUT2D eigenvalue weighted by Crippen LogP contribution is -2.38. The SMILES string of the molecule is CC(C)n1ccnc(NC(C)(C)C2CC2)c1=O. The van der Waals surface area contributed by atoms with Gasteiger partial charge in [0, 0.05) is 24.0 Å². The van der Waals surface area contributed by atoms with Gasteiger partial charge in [-0.2, -0.15) is 0 Å². The van der Waals surface area contributed by atoms with Crippen molar-refractivity contribution in [2.45, 2.75) is 52.1 Å². The average molecular weight is 235 g/mol. The highest BCUT2D eigenvalue weighted by Gasteiger charge is 2.38. The number of anilines is 1. The quantitative estimate of drug-likeness (QED) is 0.871. The summed E-state index contributed by atoms with van der Waals surface area (Å²) in [6, 6.07) is 0.162. The Kier molecular flexibility index (Phi) is 2.98. The topological polar surface area (TPSA) is 46.9 Å². The molecule has 17 heavy (non-hydrogen) atoms. The summed E-state index contributed by atoms with van der Waals surface area (Å²) in [5, 5.41) is 3.30. The van der Waals surface area contributed by atoms with E-state index in [4.69, 9.17) is 0 Å². The normalized spacial score (nSPS) is 16.3. The van der Waals surface area contributed by atoms with Gasteiger partial charge in [0.1, 0.15) is 0 Å². The molecule has 0 aliphatic heterocycles. The molecule has 1 aromatic rings. The first-order valence-electron chi connectivity index (χ1n) is 6.27. The summed E-state index contributed by atoms with van der Waals surface area (Å²) in [5.74, 6) is 1.13. The van der Waals surface area contributed by atoms with Crippen LogP contribution in [0.2, 0.25) is 0 Å². The van der Waals surface area contributed by atoms with Crippen LogP contribution in [0.5, 0.6) is 0 Å². The molecule has 1 N–H and O–H groups in total. The third kappa shape index (κ3) is 2.51. The number of aromatic nitrogens is 2. The van der Waals surface area contributed by atoms with Crippen molar-refractivity contribution >= 4 is 5.82 Å². The molecule has 2 rings (SSSR count). The van der Waals surface area contributed by atoms with E-state index in [0.29, 0.717) is 11.7 Å². The van der Waals surface area contributed by atoms with Crippen LogP contribution in [0.1, 0.15) is 46.6 Å². The van der Waals surface area contributed by atoms with Crippen molar-refractivity contribution in [3.63, 3.8) is 0 Å². The summed E-state index contributed by atoms with van der Waals surface area (Å²) in [4.78, 5) is 16.3. The number of hydrogen-bond donors (Lipinski definition) is 1. The van der Waals surface area contributed by atoms with Crippen molar-refractivity contribution in [2.75, 3.05) is 5.32 Å². The first-order valence-corrected chi connectivity index (χ1v) is 6.27. The molecular weight excluding hydrogens is 214 g/mol. The van der Waals surface area contributed by atoms with Crippen LogP contribution < -0.4 is 10.9 Å². The van der Waals surface area contributed by atoms with Gasteiger partial charge in [0.25, 0.3) is 5.56 Å². The minimum Gasteiger partial charge on any atom is -0.360 e. The van der Waals surface area contributed by atoms with Crippen molar-refractivity contribution in [1.82, 2.24) is 9.55 Å². The zero-order valence-corrected chi connectivity index (χ0v) is 11.0. The van der Waals surface area contributed by atoms with Crippen LogP contribution in [0, 0.1) is 5.92 Å². The summed E-state index contributed by atoms with van der Waals surface area (Å²) in [5.41, 5.74) is -0.0706. The van der Waals surface area contributed by atoms with E-state index < -0.39 is 0 Å². The van der Waals surface area contributed by atoms with Gasteiger partial charge < -0.3 is 9.88 Å². The van der Waals surface area contributed by atoms with E-state index in [1.807, 2.05) is 13.8 Å². The number of hydrogen-bond acceptors (Lipinski definition) is 3. The van der Waals surface area contributed by atoms with Gasteiger partial charge in [-0.15, -0.1) is 0 Å². The van der Waals surface area contributed by atoms with Crippen molar-refractivity contribution in [3.05, 3.63) is 22.7 Å². The van der Waals surface area contributed by atoms with Gasteiger partial charge in [-0.1, -0.05) is 0 Å². The molecule has 0 bridgehead atoms. The Hall–Kier alpha value is -1.32. The lowest BCUT2D eigenvalue weighted by atomic mass is 9.99. The molecular formula is C13H21N3O. The molecule has 0 atom stereocenters. The third-order valence-corrected chi connectivity index (χ3v) is 3.46. The number of rotatable bonds is 4. The molecule has 0 radical (unpaired) electrons. The maximum Gasteiger partial charge on any atom is 0.293 e. The molecule has 1 saturated carbocycles. The van der Waals surface area contributed by atoms with E-state index in [-0.39, 0.29) is 17.1 Å². The van der Waals surface area contributed by atoms with Crippen LogP contribution in [-0.4, -0.2) is 15.1 Å². The van der Waals surface area contributed by atoms with Gasteiger partial charge in [-0.25, -0.2) is 4.98 Å². The molecule has 4 nitrogen and oxygen atoms in total. The standard InChI is InChI=1S/C13H21N3O/c1-9(2)16-8-7-14-11(12(16)17)15-13(3,4)10-5-6-10/h7-10H,5-6H2,1-4H3,(H,14,15). The first kappa shape index (κ1) is 12.1. The van der Waals surface area contributed by atoms with Crippen LogP contribution >= 0.6 is 0 Å². The van der Waals surface area contributed by atoms with E-state index in [1.165, 1.54) is 12.8 Å². The van der Waals surface area contributed by atoms with Crippen molar-refractivity contribution in [2.24, 2.45) is 5.92 Å². The Labute approximate surface area is 102 Å². The summed E-state index contributed by atoms with van der Waals surface area (Å²) in [6.07, 6.45) is 5.91. The van der Waals surface area contributed by atoms with Crippen molar-refractivity contribution in [3.8, 4) is 0 Å². The smallest absolute Gasteiger partial charge is 0.293 e. The fourth-order valence-corrected chi connectivity index (χ4v) is 2.13. The van der Waals surface area contributed by atoms with Gasteiger partial charge in [0.2, 0.25) is 0 Å². The second kappa shape index (κ2) is 4.17. The van der Waals surface area contributed by atoms with Crippen LogP contribution in [-0.2, 0) is 0 Å². The van der Waals surface area contributed by atoms with Gasteiger partial charge in [-0.3, -0.25) is 4.79 Å². The van der Waals surface area contributed by atoms with E-state index in [9.17, 15) is 4.79 Å². The molecule has 1 aromatic heterocycles. The lowest BCUT2D eigenvalue weighted by Gasteiger charge is -2.26. The minimum absolute atomic E-state index is 0.0313. The van der Waals surface area contributed by atoms with E-state index >= 15 is 0 Å². The fraction of sp³-hybridized carbons (Fsp3) is 0.692. The van der Waals surface area contributed by atoms with Gasteiger partial charge in [0.05, 0.1) is 0 Å². The molecule has 4 heteroatoms. The maximum atomic E-state index is 12.2. The van der Waals surface area contributed by atoms with Gasteiger partial charge in [-0.05, 0) is 46.5 Å². The molecule has 1 aliphatic carbocycles. The third-order valence-electron chi connectivity index (χ3n) is 3.46. The van der Waals surface area contributed by atoms with E-state index in [0.717, 1.165) is 0 Å². The predicted octanol–water partition coefficient (Wildman–Crippen LogP) is 2.42. The Bertz CT molecular complexity index is 458. The Morgan fingerprint density at radius 1 is 1.47 bits per heavy atom. The Morgan fingerprint density at radius 2 is 2.12 bits per heavy atom. The summed E-state index contributed by atoms with van der Waals surface area (Å²) >= 11 is 0. The largest absolute Gasteiger partial charge is 0.360 e. The maximum absolute atomic E-state index is 12.2. The molecule has 1 heterocycles. The predicted molar refractivity (Wildman–Crippen MR) is 69.3 cm³/mol.